The number of hydrogen-bond donors (Lipinski definition) is 1. The van der Waals surface area contributed by atoms with Crippen molar-refractivity contribution in [2.45, 2.75) is 19.4 Å². The molecule has 0 unspecified atom stereocenters. The fourth-order valence-electron chi connectivity index (χ4n) is 1.33. The van der Waals surface area contributed by atoms with E-state index in [-0.39, 0.29) is 5.82 Å². The molecule has 1 aromatic heterocycles. The van der Waals surface area contributed by atoms with Gasteiger partial charge in [-0.2, -0.15) is 4.98 Å². The number of nitrogens with one attached hydrogen (secondary N) is 1. The Kier molecular flexibility index (Phi) is 2.93. The molecule has 5 heteroatoms. The first-order valence-electron chi connectivity index (χ1n) is 5.32. The fourth-order valence-corrected chi connectivity index (χ4v) is 1.33. The molecule has 90 valence electrons. The van der Waals surface area contributed by atoms with E-state index in [1.807, 2.05) is 20.9 Å². The molecule has 0 atom stereocenters. The van der Waals surface area contributed by atoms with Crippen molar-refractivity contribution >= 4 is 0 Å². The Morgan fingerprint density at radius 3 is 2.76 bits per heavy atom. The van der Waals surface area contributed by atoms with Gasteiger partial charge in [-0.15, -0.1) is 0 Å². The minimum atomic E-state index is -0.404. The first-order chi connectivity index (χ1) is 8.03. The van der Waals surface area contributed by atoms with E-state index in [1.165, 1.54) is 12.1 Å². The van der Waals surface area contributed by atoms with E-state index in [4.69, 9.17) is 4.52 Å². The van der Waals surface area contributed by atoms with E-state index >= 15 is 0 Å². The Balaban J connectivity index is 2.36. The molecule has 0 amide bonds. The summed E-state index contributed by atoms with van der Waals surface area (Å²) in [6.07, 6.45) is 0. The van der Waals surface area contributed by atoms with Crippen molar-refractivity contribution in [2.24, 2.45) is 0 Å². The van der Waals surface area contributed by atoms with E-state index in [2.05, 4.69) is 15.5 Å². The number of rotatable bonds is 3. The van der Waals surface area contributed by atoms with Crippen molar-refractivity contribution in [3.8, 4) is 11.4 Å². The van der Waals surface area contributed by atoms with Crippen molar-refractivity contribution in [1.82, 2.24) is 15.5 Å². The molecule has 0 aliphatic heterocycles. The third kappa shape index (κ3) is 2.34. The Labute approximate surface area is 98.8 Å². The predicted molar refractivity (Wildman–Crippen MR) is 61.8 cm³/mol. The SMILES string of the molecule is CNC(C)(C)c1nc(-c2cccc(F)c2)no1. The molecule has 0 radical (unpaired) electrons. The highest BCUT2D eigenvalue weighted by Gasteiger charge is 2.25. The average Bonchev–Trinajstić information content (AvgIpc) is 2.79. The van der Waals surface area contributed by atoms with Gasteiger partial charge in [0.05, 0.1) is 5.54 Å². The zero-order valence-corrected chi connectivity index (χ0v) is 9.99. The molecule has 0 saturated carbocycles. The maximum atomic E-state index is 13.1. The number of aromatic nitrogens is 2. The average molecular weight is 235 g/mol. The highest BCUT2D eigenvalue weighted by Crippen LogP contribution is 2.22. The van der Waals surface area contributed by atoms with Crippen LogP contribution >= 0.6 is 0 Å². The summed E-state index contributed by atoms with van der Waals surface area (Å²) in [4.78, 5) is 4.26. The molecule has 1 N–H and O–H groups in total. The van der Waals surface area contributed by atoms with Crippen LogP contribution in [0.3, 0.4) is 0 Å². The smallest absolute Gasteiger partial charge is 0.246 e. The highest BCUT2D eigenvalue weighted by atomic mass is 19.1. The Bertz CT molecular complexity index is 522. The van der Waals surface area contributed by atoms with Gasteiger partial charge in [0.15, 0.2) is 0 Å². The zero-order valence-electron chi connectivity index (χ0n) is 9.99. The first kappa shape index (κ1) is 11.7. The van der Waals surface area contributed by atoms with Crippen molar-refractivity contribution < 1.29 is 8.91 Å². The van der Waals surface area contributed by atoms with E-state index in [1.54, 1.807) is 12.1 Å². The lowest BCUT2D eigenvalue weighted by atomic mass is 10.1. The molecule has 17 heavy (non-hydrogen) atoms. The van der Waals surface area contributed by atoms with Gasteiger partial charge in [-0.3, -0.25) is 0 Å². The molecule has 0 aliphatic carbocycles. The third-order valence-electron chi connectivity index (χ3n) is 2.67. The molecule has 0 spiro atoms. The summed E-state index contributed by atoms with van der Waals surface area (Å²) in [5, 5.41) is 6.91. The normalized spacial score (nSPS) is 11.8. The van der Waals surface area contributed by atoms with Gasteiger partial charge in [0.25, 0.3) is 0 Å². The summed E-state index contributed by atoms with van der Waals surface area (Å²) in [6.45, 7) is 3.85. The topological polar surface area (TPSA) is 51.0 Å². The second-order valence-corrected chi connectivity index (χ2v) is 4.31. The molecule has 0 bridgehead atoms. The highest BCUT2D eigenvalue weighted by molar-refractivity contribution is 5.53. The molecular formula is C12H14FN3O. The van der Waals surface area contributed by atoms with Gasteiger partial charge < -0.3 is 9.84 Å². The first-order valence-corrected chi connectivity index (χ1v) is 5.32. The van der Waals surface area contributed by atoms with Crippen LogP contribution in [0.4, 0.5) is 4.39 Å². The summed E-state index contributed by atoms with van der Waals surface area (Å²) in [7, 11) is 1.81. The van der Waals surface area contributed by atoms with Crippen molar-refractivity contribution in [1.29, 1.82) is 0 Å². The number of halogens is 1. The minimum Gasteiger partial charge on any atom is -0.337 e. The Morgan fingerprint density at radius 2 is 2.12 bits per heavy atom. The predicted octanol–water partition coefficient (Wildman–Crippen LogP) is 2.33. The third-order valence-corrected chi connectivity index (χ3v) is 2.67. The van der Waals surface area contributed by atoms with Crippen molar-refractivity contribution in [3.63, 3.8) is 0 Å². The Morgan fingerprint density at radius 1 is 1.35 bits per heavy atom. The van der Waals surface area contributed by atoms with Crippen molar-refractivity contribution in [3.05, 3.63) is 36.0 Å². The molecule has 0 aliphatic rings. The molecule has 2 aromatic rings. The van der Waals surface area contributed by atoms with Crippen LogP contribution in [0, 0.1) is 5.82 Å². The molecule has 4 nitrogen and oxygen atoms in total. The van der Waals surface area contributed by atoms with Crippen LogP contribution in [0.5, 0.6) is 0 Å². The summed E-state index contributed by atoms with van der Waals surface area (Å²) in [5.41, 5.74) is 0.199. The lowest BCUT2D eigenvalue weighted by Crippen LogP contribution is -2.33. The number of benzene rings is 1. The van der Waals surface area contributed by atoms with Crippen LogP contribution in [0.25, 0.3) is 11.4 Å². The van der Waals surface area contributed by atoms with Crippen LogP contribution in [-0.2, 0) is 5.54 Å². The maximum absolute atomic E-state index is 13.1. The van der Waals surface area contributed by atoms with E-state index in [0.717, 1.165) is 0 Å². The second-order valence-electron chi connectivity index (χ2n) is 4.31. The summed E-state index contributed by atoms with van der Waals surface area (Å²) in [6, 6.07) is 6.11. The zero-order chi connectivity index (χ0) is 12.5. The summed E-state index contributed by atoms with van der Waals surface area (Å²) in [5.74, 6) is 0.545. The van der Waals surface area contributed by atoms with Gasteiger partial charge in [0, 0.05) is 5.56 Å². The van der Waals surface area contributed by atoms with E-state index < -0.39 is 5.54 Å². The summed E-state index contributed by atoms with van der Waals surface area (Å²) < 4.78 is 18.2. The second kappa shape index (κ2) is 4.25. The van der Waals surface area contributed by atoms with Gasteiger partial charge in [0.1, 0.15) is 5.82 Å². The van der Waals surface area contributed by atoms with E-state index in [9.17, 15) is 4.39 Å². The van der Waals surface area contributed by atoms with Gasteiger partial charge in [-0.25, -0.2) is 4.39 Å². The van der Waals surface area contributed by atoms with Crippen LogP contribution < -0.4 is 5.32 Å². The molecule has 0 fully saturated rings. The quantitative estimate of drug-likeness (QED) is 0.887. The Hall–Kier alpha value is -1.75. The standard InChI is InChI=1S/C12H14FN3O/c1-12(2,14-3)11-15-10(16-17-11)8-5-4-6-9(13)7-8/h4-7,14H,1-3H3. The minimum absolute atomic E-state index is 0.318. The van der Waals surface area contributed by atoms with Crippen LogP contribution in [-0.4, -0.2) is 17.2 Å². The number of hydrogen-bond acceptors (Lipinski definition) is 4. The summed E-state index contributed by atoms with van der Waals surface area (Å²) >= 11 is 0. The van der Waals surface area contributed by atoms with Gasteiger partial charge in [-0.05, 0) is 33.0 Å². The largest absolute Gasteiger partial charge is 0.337 e. The van der Waals surface area contributed by atoms with E-state index in [0.29, 0.717) is 17.3 Å². The van der Waals surface area contributed by atoms with Crippen LogP contribution in [0.1, 0.15) is 19.7 Å². The lowest BCUT2D eigenvalue weighted by molar-refractivity contribution is 0.281. The maximum Gasteiger partial charge on any atom is 0.246 e. The molecule has 2 rings (SSSR count). The number of nitrogens with zero attached hydrogens (tertiary/aromatic N) is 2. The van der Waals surface area contributed by atoms with Crippen LogP contribution in [0.15, 0.2) is 28.8 Å². The van der Waals surface area contributed by atoms with Gasteiger partial charge >= 0.3 is 0 Å². The molecule has 1 aromatic carbocycles. The lowest BCUT2D eigenvalue weighted by Gasteiger charge is -2.17. The molecular weight excluding hydrogens is 221 g/mol. The van der Waals surface area contributed by atoms with Crippen LogP contribution in [0.2, 0.25) is 0 Å². The monoisotopic (exact) mass is 235 g/mol. The van der Waals surface area contributed by atoms with Crippen molar-refractivity contribution in [2.75, 3.05) is 7.05 Å². The van der Waals surface area contributed by atoms with Gasteiger partial charge in [0.2, 0.25) is 11.7 Å². The fraction of sp³-hybridized carbons (Fsp3) is 0.333. The van der Waals surface area contributed by atoms with Gasteiger partial charge in [-0.1, -0.05) is 17.3 Å². The molecule has 1 heterocycles. The molecule has 0 saturated heterocycles.